The Morgan fingerprint density at radius 3 is 2.23 bits per heavy atom. The summed E-state index contributed by atoms with van der Waals surface area (Å²) in [6.07, 6.45) is 0. The van der Waals surface area contributed by atoms with Crippen molar-refractivity contribution in [3.8, 4) is 0 Å². The minimum absolute atomic E-state index is 0.0586. The van der Waals surface area contributed by atoms with Crippen molar-refractivity contribution in [3.63, 3.8) is 0 Å². The maximum Gasteiger partial charge on any atom is 0.314 e. The van der Waals surface area contributed by atoms with Crippen LogP contribution in [-0.4, -0.2) is 38.5 Å². The number of aliphatic carboxylic acids is 1. The third-order valence-electron chi connectivity index (χ3n) is 4.95. The number of hydrogen-bond acceptors (Lipinski definition) is 4. The van der Waals surface area contributed by atoms with Crippen molar-refractivity contribution in [2.75, 3.05) is 13.7 Å². The molecule has 2 aromatic carbocycles. The van der Waals surface area contributed by atoms with Crippen molar-refractivity contribution in [2.45, 2.75) is 23.0 Å². The van der Waals surface area contributed by atoms with Gasteiger partial charge in [-0.05, 0) is 36.8 Å². The van der Waals surface area contributed by atoms with E-state index in [-0.39, 0.29) is 11.5 Å². The summed E-state index contributed by atoms with van der Waals surface area (Å²) in [5.74, 6) is -1.85. The lowest BCUT2D eigenvalue weighted by Crippen LogP contribution is -2.28. The minimum atomic E-state index is -3.88. The third-order valence-corrected chi connectivity index (χ3v) is 7.49. The van der Waals surface area contributed by atoms with E-state index in [9.17, 15) is 18.3 Å². The van der Waals surface area contributed by atoms with Gasteiger partial charge in [-0.2, -0.15) is 0 Å². The van der Waals surface area contributed by atoms with Crippen LogP contribution in [0.3, 0.4) is 0 Å². The van der Waals surface area contributed by atoms with E-state index in [4.69, 9.17) is 16.3 Å². The lowest BCUT2D eigenvalue weighted by molar-refractivity contribution is -0.145. The topological polar surface area (TPSA) is 80.7 Å². The standard InChI is InChI=1S/C19H19ClO5S/c1-12-3-5-13(6-4-12)16-17(19(16,11-25-2)18(21)22)26(23,24)15-9-7-14(20)8-10-15/h3-10,16-17H,11H2,1-2H3,(H,21,22)/t16-,17+,19+/m1/s1. The molecule has 1 aliphatic rings. The van der Waals surface area contributed by atoms with E-state index in [2.05, 4.69) is 0 Å². The van der Waals surface area contributed by atoms with Gasteiger partial charge in [-0.25, -0.2) is 8.42 Å². The molecule has 5 nitrogen and oxygen atoms in total. The highest BCUT2D eigenvalue weighted by Gasteiger charge is 2.76. The van der Waals surface area contributed by atoms with Gasteiger partial charge in [0.2, 0.25) is 0 Å². The molecule has 1 N–H and O–H groups in total. The van der Waals surface area contributed by atoms with Crippen LogP contribution >= 0.6 is 11.6 Å². The molecule has 3 atom stereocenters. The van der Waals surface area contributed by atoms with Crippen molar-refractivity contribution in [2.24, 2.45) is 5.41 Å². The van der Waals surface area contributed by atoms with E-state index in [0.29, 0.717) is 10.6 Å². The number of carbonyl (C=O) groups is 1. The molecule has 7 heteroatoms. The number of carboxylic acid groups (broad SMARTS) is 1. The van der Waals surface area contributed by atoms with Crippen LogP contribution in [0.1, 0.15) is 17.0 Å². The number of rotatable bonds is 6. The molecule has 0 spiro atoms. The lowest BCUT2D eigenvalue weighted by atomic mass is 9.99. The molecule has 1 fully saturated rings. The van der Waals surface area contributed by atoms with Crippen LogP contribution in [0, 0.1) is 12.3 Å². The van der Waals surface area contributed by atoms with Crippen molar-refractivity contribution in [1.82, 2.24) is 0 Å². The fraction of sp³-hybridized carbons (Fsp3) is 0.316. The van der Waals surface area contributed by atoms with Gasteiger partial charge >= 0.3 is 5.97 Å². The number of carboxylic acids is 1. The van der Waals surface area contributed by atoms with Gasteiger partial charge in [0, 0.05) is 18.1 Å². The second kappa shape index (κ2) is 6.68. The van der Waals surface area contributed by atoms with Gasteiger partial charge in [0.25, 0.3) is 0 Å². The molecular formula is C19H19ClO5S. The van der Waals surface area contributed by atoms with E-state index < -0.39 is 32.4 Å². The molecule has 1 aliphatic carbocycles. The zero-order valence-corrected chi connectivity index (χ0v) is 15.9. The van der Waals surface area contributed by atoms with Crippen molar-refractivity contribution in [1.29, 1.82) is 0 Å². The molecule has 138 valence electrons. The zero-order chi connectivity index (χ0) is 19.1. The van der Waals surface area contributed by atoms with Crippen LogP contribution < -0.4 is 0 Å². The Bertz CT molecular complexity index is 921. The Morgan fingerprint density at radius 2 is 1.73 bits per heavy atom. The molecule has 0 amide bonds. The smallest absolute Gasteiger partial charge is 0.314 e. The van der Waals surface area contributed by atoms with E-state index in [1.54, 1.807) is 12.1 Å². The summed E-state index contributed by atoms with van der Waals surface area (Å²) in [4.78, 5) is 12.2. The highest BCUT2D eigenvalue weighted by molar-refractivity contribution is 7.92. The van der Waals surface area contributed by atoms with Crippen LogP contribution in [0.5, 0.6) is 0 Å². The van der Waals surface area contributed by atoms with Gasteiger partial charge in [-0.3, -0.25) is 4.79 Å². The summed E-state index contributed by atoms with van der Waals surface area (Å²) in [7, 11) is -2.51. The zero-order valence-electron chi connectivity index (χ0n) is 14.3. The van der Waals surface area contributed by atoms with E-state index >= 15 is 0 Å². The van der Waals surface area contributed by atoms with Crippen LogP contribution in [0.4, 0.5) is 0 Å². The van der Waals surface area contributed by atoms with E-state index in [1.165, 1.54) is 31.4 Å². The average molecular weight is 395 g/mol. The molecule has 0 aromatic heterocycles. The molecule has 0 aliphatic heterocycles. The first-order chi connectivity index (χ1) is 12.2. The maximum atomic E-state index is 13.2. The fourth-order valence-electron chi connectivity index (χ4n) is 3.60. The Morgan fingerprint density at radius 1 is 1.15 bits per heavy atom. The van der Waals surface area contributed by atoms with Crippen molar-refractivity contribution in [3.05, 3.63) is 64.7 Å². The van der Waals surface area contributed by atoms with Gasteiger partial charge in [0.1, 0.15) is 5.41 Å². The van der Waals surface area contributed by atoms with E-state index in [0.717, 1.165) is 5.56 Å². The number of aryl methyl sites for hydroxylation is 1. The average Bonchev–Trinajstić information content (AvgIpc) is 3.27. The number of halogens is 1. The Labute approximate surface area is 157 Å². The third kappa shape index (κ3) is 2.92. The molecule has 26 heavy (non-hydrogen) atoms. The van der Waals surface area contributed by atoms with Gasteiger partial charge in [-0.1, -0.05) is 41.4 Å². The summed E-state index contributed by atoms with van der Waals surface area (Å²) in [6, 6.07) is 13.0. The largest absolute Gasteiger partial charge is 0.481 e. The van der Waals surface area contributed by atoms with Crippen LogP contribution in [-0.2, 0) is 19.4 Å². The van der Waals surface area contributed by atoms with Crippen molar-refractivity contribution >= 4 is 27.4 Å². The molecular weight excluding hydrogens is 376 g/mol. The predicted octanol–water partition coefficient (Wildman–Crippen LogP) is 3.31. The van der Waals surface area contributed by atoms with Crippen LogP contribution in [0.15, 0.2) is 53.4 Å². The molecule has 0 heterocycles. The first-order valence-electron chi connectivity index (χ1n) is 8.03. The molecule has 0 saturated heterocycles. The minimum Gasteiger partial charge on any atom is -0.481 e. The van der Waals surface area contributed by atoms with Gasteiger partial charge < -0.3 is 9.84 Å². The SMILES string of the molecule is COC[C@]1(C(=O)O)[C@H](c2ccc(C)cc2)[C@@H]1S(=O)(=O)c1ccc(Cl)cc1. The van der Waals surface area contributed by atoms with Gasteiger partial charge in [0.05, 0.1) is 16.8 Å². The number of benzene rings is 2. The Kier molecular flexibility index (Phi) is 4.86. The number of sulfone groups is 1. The van der Waals surface area contributed by atoms with Crippen LogP contribution in [0.2, 0.25) is 5.02 Å². The molecule has 1 saturated carbocycles. The number of ether oxygens (including phenoxy) is 1. The van der Waals surface area contributed by atoms with E-state index in [1.807, 2.05) is 19.1 Å². The molecule has 0 unspecified atom stereocenters. The van der Waals surface area contributed by atoms with Gasteiger partial charge in [0.15, 0.2) is 9.84 Å². The first-order valence-corrected chi connectivity index (χ1v) is 9.96. The number of methoxy groups -OCH3 is 1. The van der Waals surface area contributed by atoms with Gasteiger partial charge in [-0.15, -0.1) is 0 Å². The number of hydrogen-bond donors (Lipinski definition) is 1. The monoisotopic (exact) mass is 394 g/mol. The van der Waals surface area contributed by atoms with Crippen molar-refractivity contribution < 1.29 is 23.1 Å². The summed E-state index contributed by atoms with van der Waals surface area (Å²) in [5, 5.41) is 9.19. The normalized spacial score (nSPS) is 25.0. The highest BCUT2D eigenvalue weighted by atomic mass is 35.5. The predicted molar refractivity (Wildman–Crippen MR) is 98.3 cm³/mol. The summed E-state index contributed by atoms with van der Waals surface area (Å²) >= 11 is 5.84. The Hall–Kier alpha value is -1.89. The highest BCUT2D eigenvalue weighted by Crippen LogP contribution is 2.64. The fourth-order valence-corrected chi connectivity index (χ4v) is 6.09. The second-order valence-corrected chi connectivity index (χ2v) is 9.09. The molecule has 0 bridgehead atoms. The lowest BCUT2D eigenvalue weighted by Gasteiger charge is -2.12. The first kappa shape index (κ1) is 18.9. The van der Waals surface area contributed by atoms with Crippen LogP contribution in [0.25, 0.3) is 0 Å². The quantitative estimate of drug-likeness (QED) is 0.812. The summed E-state index contributed by atoms with van der Waals surface area (Å²) < 4.78 is 31.5. The Balaban J connectivity index is 2.11. The second-order valence-electron chi connectivity index (χ2n) is 6.59. The molecule has 2 aromatic rings. The summed E-state index contributed by atoms with van der Waals surface area (Å²) in [6.45, 7) is 1.73. The summed E-state index contributed by atoms with van der Waals surface area (Å²) in [5.41, 5.74) is 0.180. The molecule has 3 rings (SSSR count). The molecule has 0 radical (unpaired) electrons. The maximum absolute atomic E-state index is 13.2.